The first-order valence-electron chi connectivity index (χ1n) is 6.70. The second-order valence-electron chi connectivity index (χ2n) is 5.88. The van der Waals surface area contributed by atoms with Crippen molar-refractivity contribution >= 4 is 0 Å². The Morgan fingerprint density at radius 3 is 3.00 bits per heavy atom. The molecule has 3 rings (SSSR count). The topological polar surface area (TPSA) is 3.24 Å². The predicted molar refractivity (Wildman–Crippen MR) is 63.9 cm³/mol. The molecule has 0 unspecified atom stereocenters. The Labute approximate surface area is 93.5 Å². The molecule has 15 heavy (non-hydrogen) atoms. The molecule has 0 radical (unpaired) electrons. The molecule has 2 heterocycles. The van der Waals surface area contributed by atoms with Gasteiger partial charge in [-0.3, -0.25) is 4.90 Å². The maximum atomic E-state index is 2.78. The quantitative estimate of drug-likeness (QED) is 0.593. The largest absolute Gasteiger partial charge is 0.294 e. The van der Waals surface area contributed by atoms with Crippen LogP contribution in [0, 0.1) is 5.92 Å². The maximum absolute atomic E-state index is 2.78. The van der Waals surface area contributed by atoms with Crippen molar-refractivity contribution < 1.29 is 0 Å². The van der Waals surface area contributed by atoms with E-state index in [-0.39, 0.29) is 0 Å². The van der Waals surface area contributed by atoms with Crippen LogP contribution in [0.15, 0.2) is 11.1 Å². The van der Waals surface area contributed by atoms with Gasteiger partial charge in [0, 0.05) is 18.6 Å². The van der Waals surface area contributed by atoms with Crippen LogP contribution in [-0.2, 0) is 0 Å². The molecule has 1 aliphatic carbocycles. The van der Waals surface area contributed by atoms with Gasteiger partial charge in [0.25, 0.3) is 0 Å². The summed E-state index contributed by atoms with van der Waals surface area (Å²) in [4.78, 5) is 2.78. The van der Waals surface area contributed by atoms with E-state index >= 15 is 0 Å². The number of rotatable bonds is 1. The van der Waals surface area contributed by atoms with Crippen molar-refractivity contribution in [2.75, 3.05) is 13.1 Å². The summed E-state index contributed by atoms with van der Waals surface area (Å²) in [7, 11) is 0. The number of hydrogen-bond donors (Lipinski definition) is 0. The normalized spacial score (nSPS) is 40.8. The van der Waals surface area contributed by atoms with Gasteiger partial charge in [0.1, 0.15) is 0 Å². The summed E-state index contributed by atoms with van der Waals surface area (Å²) in [5.41, 5.74) is 4.17. The van der Waals surface area contributed by atoms with E-state index in [0.717, 1.165) is 5.92 Å². The molecule has 1 nitrogen and oxygen atoms in total. The Kier molecular flexibility index (Phi) is 2.21. The SMILES string of the molecule is CC[C@@H]1CN2CCC3=C(CCC3)[C@@]2(C)C1. The summed E-state index contributed by atoms with van der Waals surface area (Å²) < 4.78 is 0. The molecule has 0 bridgehead atoms. The van der Waals surface area contributed by atoms with E-state index < -0.39 is 0 Å². The second kappa shape index (κ2) is 3.35. The first-order chi connectivity index (χ1) is 7.24. The van der Waals surface area contributed by atoms with Crippen LogP contribution in [0.5, 0.6) is 0 Å². The lowest BCUT2D eigenvalue weighted by Gasteiger charge is -2.41. The number of nitrogens with zero attached hydrogens (tertiary/aromatic N) is 1. The zero-order valence-corrected chi connectivity index (χ0v) is 10.2. The molecule has 2 aliphatic heterocycles. The Morgan fingerprint density at radius 2 is 2.20 bits per heavy atom. The fourth-order valence-electron chi connectivity index (χ4n) is 4.20. The van der Waals surface area contributed by atoms with E-state index in [2.05, 4.69) is 18.7 Å². The predicted octanol–water partition coefficient (Wildman–Crippen LogP) is 3.36. The molecule has 3 aliphatic rings. The lowest BCUT2D eigenvalue weighted by atomic mass is 9.81. The second-order valence-corrected chi connectivity index (χ2v) is 5.88. The molecule has 0 aromatic carbocycles. The Balaban J connectivity index is 1.94. The smallest absolute Gasteiger partial charge is 0.0398 e. The Hall–Kier alpha value is -0.300. The van der Waals surface area contributed by atoms with Gasteiger partial charge in [-0.05, 0) is 44.9 Å². The van der Waals surface area contributed by atoms with Crippen molar-refractivity contribution in [2.24, 2.45) is 5.92 Å². The third-order valence-corrected chi connectivity index (χ3v) is 5.11. The van der Waals surface area contributed by atoms with Gasteiger partial charge < -0.3 is 0 Å². The third kappa shape index (κ3) is 1.32. The van der Waals surface area contributed by atoms with Crippen LogP contribution in [-0.4, -0.2) is 23.5 Å². The van der Waals surface area contributed by atoms with Crippen LogP contribution in [0.2, 0.25) is 0 Å². The molecular weight excluding hydrogens is 182 g/mol. The molecule has 1 heteroatoms. The zero-order valence-electron chi connectivity index (χ0n) is 10.2. The lowest BCUT2D eigenvalue weighted by molar-refractivity contribution is 0.176. The molecule has 1 saturated heterocycles. The van der Waals surface area contributed by atoms with E-state index in [1.165, 1.54) is 51.6 Å². The monoisotopic (exact) mass is 205 g/mol. The third-order valence-electron chi connectivity index (χ3n) is 5.11. The van der Waals surface area contributed by atoms with Crippen molar-refractivity contribution in [3.05, 3.63) is 11.1 Å². The summed E-state index contributed by atoms with van der Waals surface area (Å²) in [6.45, 7) is 7.58. The summed E-state index contributed by atoms with van der Waals surface area (Å²) in [6, 6.07) is 0. The van der Waals surface area contributed by atoms with E-state index in [1.54, 1.807) is 0 Å². The average Bonchev–Trinajstić information content (AvgIpc) is 2.80. The van der Waals surface area contributed by atoms with Gasteiger partial charge in [-0.1, -0.05) is 24.5 Å². The lowest BCUT2D eigenvalue weighted by Crippen LogP contribution is -2.45. The van der Waals surface area contributed by atoms with Crippen molar-refractivity contribution in [1.29, 1.82) is 0 Å². The van der Waals surface area contributed by atoms with Crippen LogP contribution in [0.25, 0.3) is 0 Å². The molecule has 84 valence electrons. The van der Waals surface area contributed by atoms with E-state index in [9.17, 15) is 0 Å². The molecule has 1 fully saturated rings. The standard InChI is InChI=1S/C14H23N/c1-3-11-9-14(2)13-6-4-5-12(13)7-8-15(14)10-11/h11H,3-10H2,1-2H3/t11-,14+/m0/s1. The zero-order chi connectivity index (χ0) is 10.5. The number of fused-ring (bicyclic) bond motifs is 2. The first-order valence-corrected chi connectivity index (χ1v) is 6.70. The van der Waals surface area contributed by atoms with E-state index in [4.69, 9.17) is 0 Å². The maximum Gasteiger partial charge on any atom is 0.0398 e. The van der Waals surface area contributed by atoms with Crippen LogP contribution in [0.1, 0.15) is 52.4 Å². The molecule has 0 spiro atoms. The average molecular weight is 205 g/mol. The molecule has 0 amide bonds. The van der Waals surface area contributed by atoms with Gasteiger partial charge in [-0.2, -0.15) is 0 Å². The van der Waals surface area contributed by atoms with Gasteiger partial charge in [-0.15, -0.1) is 0 Å². The molecule has 2 atom stereocenters. The minimum absolute atomic E-state index is 0.477. The summed E-state index contributed by atoms with van der Waals surface area (Å²) in [5.74, 6) is 0.961. The van der Waals surface area contributed by atoms with Gasteiger partial charge >= 0.3 is 0 Å². The first kappa shape index (κ1) is 9.89. The molecule has 0 N–H and O–H groups in total. The molecular formula is C14H23N. The highest BCUT2D eigenvalue weighted by molar-refractivity contribution is 5.34. The summed E-state index contributed by atoms with van der Waals surface area (Å²) in [6.07, 6.45) is 8.43. The molecule has 0 aromatic rings. The highest BCUT2D eigenvalue weighted by Crippen LogP contribution is 2.49. The van der Waals surface area contributed by atoms with Gasteiger partial charge in [-0.25, -0.2) is 0 Å². The Bertz CT molecular complexity index is 304. The number of hydrogen-bond acceptors (Lipinski definition) is 1. The fourth-order valence-corrected chi connectivity index (χ4v) is 4.20. The van der Waals surface area contributed by atoms with Gasteiger partial charge in [0.05, 0.1) is 0 Å². The Morgan fingerprint density at radius 1 is 1.33 bits per heavy atom. The summed E-state index contributed by atoms with van der Waals surface area (Å²) in [5, 5.41) is 0. The van der Waals surface area contributed by atoms with Crippen molar-refractivity contribution in [2.45, 2.75) is 57.9 Å². The van der Waals surface area contributed by atoms with Crippen LogP contribution >= 0.6 is 0 Å². The van der Waals surface area contributed by atoms with Crippen LogP contribution < -0.4 is 0 Å². The van der Waals surface area contributed by atoms with Crippen LogP contribution in [0.4, 0.5) is 0 Å². The van der Waals surface area contributed by atoms with Crippen molar-refractivity contribution in [3.8, 4) is 0 Å². The van der Waals surface area contributed by atoms with Crippen molar-refractivity contribution in [3.63, 3.8) is 0 Å². The van der Waals surface area contributed by atoms with Crippen LogP contribution in [0.3, 0.4) is 0 Å². The van der Waals surface area contributed by atoms with E-state index in [0.29, 0.717) is 5.54 Å². The van der Waals surface area contributed by atoms with Crippen molar-refractivity contribution in [1.82, 2.24) is 4.90 Å². The molecule has 0 saturated carbocycles. The van der Waals surface area contributed by atoms with Gasteiger partial charge in [0.15, 0.2) is 0 Å². The summed E-state index contributed by atoms with van der Waals surface area (Å²) >= 11 is 0. The highest BCUT2D eigenvalue weighted by Gasteiger charge is 2.47. The minimum atomic E-state index is 0.477. The molecule has 0 aromatic heterocycles. The minimum Gasteiger partial charge on any atom is -0.294 e. The van der Waals surface area contributed by atoms with E-state index in [1.807, 2.05) is 11.1 Å². The fraction of sp³-hybridized carbons (Fsp3) is 0.857. The van der Waals surface area contributed by atoms with Gasteiger partial charge in [0.2, 0.25) is 0 Å². The highest BCUT2D eigenvalue weighted by atomic mass is 15.2.